The molecule has 5 heteroatoms. The minimum absolute atomic E-state index is 0.0752. The monoisotopic (exact) mass is 280 g/mol. The number of rotatable bonds is 9. The van der Waals surface area contributed by atoms with Gasteiger partial charge in [0.15, 0.2) is 0 Å². The van der Waals surface area contributed by atoms with Crippen LogP contribution in [0, 0.1) is 5.41 Å². The first-order valence-corrected chi connectivity index (χ1v) is 7.52. The van der Waals surface area contributed by atoms with E-state index in [0.29, 0.717) is 0 Å². The van der Waals surface area contributed by atoms with E-state index < -0.39 is 0 Å². The highest BCUT2D eigenvalue weighted by molar-refractivity contribution is 5.57. The van der Waals surface area contributed by atoms with Crippen molar-refractivity contribution < 1.29 is 5.11 Å². The molecule has 0 aromatic carbocycles. The predicted molar refractivity (Wildman–Crippen MR) is 84.2 cm³/mol. The van der Waals surface area contributed by atoms with Crippen LogP contribution in [0.1, 0.15) is 45.6 Å². The van der Waals surface area contributed by atoms with Gasteiger partial charge in [0.05, 0.1) is 6.61 Å². The summed E-state index contributed by atoms with van der Waals surface area (Å²) in [6, 6.07) is 0. The Labute approximate surface area is 122 Å². The highest BCUT2D eigenvalue weighted by Gasteiger charge is 2.25. The maximum absolute atomic E-state index is 9.64. The van der Waals surface area contributed by atoms with Crippen LogP contribution in [0.4, 0.5) is 11.6 Å². The van der Waals surface area contributed by atoms with E-state index in [0.717, 1.165) is 49.4 Å². The summed E-state index contributed by atoms with van der Waals surface area (Å²) >= 11 is 0. The van der Waals surface area contributed by atoms with Crippen molar-refractivity contribution >= 4 is 11.6 Å². The number of hydrogen-bond acceptors (Lipinski definition) is 5. The van der Waals surface area contributed by atoms with E-state index in [2.05, 4.69) is 41.4 Å². The molecule has 114 valence electrons. The summed E-state index contributed by atoms with van der Waals surface area (Å²) in [6.45, 7) is 7.31. The predicted octanol–water partition coefficient (Wildman–Crippen LogP) is 2.68. The van der Waals surface area contributed by atoms with Gasteiger partial charge in [-0.25, -0.2) is 9.97 Å². The maximum atomic E-state index is 9.64. The lowest BCUT2D eigenvalue weighted by Gasteiger charge is -2.30. The van der Waals surface area contributed by atoms with Gasteiger partial charge < -0.3 is 15.7 Å². The van der Waals surface area contributed by atoms with Crippen LogP contribution in [0.2, 0.25) is 0 Å². The Morgan fingerprint density at radius 1 is 1.15 bits per heavy atom. The van der Waals surface area contributed by atoms with Crippen molar-refractivity contribution in [3.8, 4) is 0 Å². The molecule has 0 atom stereocenters. The second kappa shape index (κ2) is 8.04. The lowest BCUT2D eigenvalue weighted by Crippen LogP contribution is -2.32. The summed E-state index contributed by atoms with van der Waals surface area (Å²) in [5, 5.41) is 16.2. The average molecular weight is 280 g/mol. The maximum Gasteiger partial charge on any atom is 0.134 e. The van der Waals surface area contributed by atoms with Crippen molar-refractivity contribution in [1.82, 2.24) is 9.97 Å². The molecule has 1 aromatic rings. The van der Waals surface area contributed by atoms with Crippen molar-refractivity contribution in [1.29, 1.82) is 0 Å². The third-order valence-corrected chi connectivity index (χ3v) is 4.15. The van der Waals surface area contributed by atoms with Crippen molar-refractivity contribution in [3.63, 3.8) is 0 Å². The van der Waals surface area contributed by atoms with Crippen LogP contribution in [-0.4, -0.2) is 35.3 Å². The largest absolute Gasteiger partial charge is 0.396 e. The topological polar surface area (TPSA) is 70.1 Å². The van der Waals surface area contributed by atoms with E-state index in [1.54, 1.807) is 6.33 Å². The molecule has 0 saturated heterocycles. The van der Waals surface area contributed by atoms with E-state index in [4.69, 9.17) is 0 Å². The molecule has 5 nitrogen and oxygen atoms in total. The smallest absolute Gasteiger partial charge is 0.134 e. The number of nitrogens with zero attached hydrogens (tertiary/aromatic N) is 2. The van der Waals surface area contributed by atoms with Crippen LogP contribution in [0.3, 0.4) is 0 Å². The van der Waals surface area contributed by atoms with Crippen molar-refractivity contribution in [2.24, 2.45) is 5.41 Å². The van der Waals surface area contributed by atoms with Crippen molar-refractivity contribution in [2.45, 2.75) is 46.5 Å². The molecule has 20 heavy (non-hydrogen) atoms. The van der Waals surface area contributed by atoms with Crippen LogP contribution in [0.15, 0.2) is 6.33 Å². The fourth-order valence-electron chi connectivity index (χ4n) is 2.32. The van der Waals surface area contributed by atoms with E-state index >= 15 is 0 Å². The van der Waals surface area contributed by atoms with Gasteiger partial charge >= 0.3 is 0 Å². The first-order chi connectivity index (χ1) is 9.66. The molecule has 0 saturated carbocycles. The van der Waals surface area contributed by atoms with Gasteiger partial charge in [0, 0.05) is 24.6 Å². The number of nitrogens with one attached hydrogen (secondary N) is 2. The van der Waals surface area contributed by atoms with E-state index in [1.165, 1.54) is 0 Å². The minimum Gasteiger partial charge on any atom is -0.396 e. The summed E-state index contributed by atoms with van der Waals surface area (Å²) in [5.74, 6) is 1.76. The Hall–Kier alpha value is -1.36. The molecule has 0 bridgehead atoms. The number of aromatic nitrogens is 2. The summed E-state index contributed by atoms with van der Waals surface area (Å²) in [4.78, 5) is 8.64. The number of hydrogen-bond donors (Lipinski definition) is 3. The normalized spacial score (nSPS) is 11.4. The molecule has 0 unspecified atom stereocenters. The van der Waals surface area contributed by atoms with E-state index in [9.17, 15) is 5.11 Å². The number of aliphatic hydroxyl groups excluding tert-OH is 1. The van der Waals surface area contributed by atoms with Gasteiger partial charge in [0.25, 0.3) is 0 Å². The first kappa shape index (κ1) is 16.7. The summed E-state index contributed by atoms with van der Waals surface area (Å²) < 4.78 is 0. The highest BCUT2D eigenvalue weighted by atomic mass is 16.3. The fourth-order valence-corrected chi connectivity index (χ4v) is 2.32. The molecule has 0 amide bonds. The van der Waals surface area contributed by atoms with Crippen LogP contribution in [-0.2, 0) is 6.42 Å². The van der Waals surface area contributed by atoms with Gasteiger partial charge in [0.2, 0.25) is 0 Å². The molecule has 0 fully saturated rings. The van der Waals surface area contributed by atoms with Crippen molar-refractivity contribution in [2.75, 3.05) is 30.8 Å². The fraction of sp³-hybridized carbons (Fsp3) is 0.733. The Morgan fingerprint density at radius 2 is 1.80 bits per heavy atom. The zero-order valence-corrected chi connectivity index (χ0v) is 13.2. The van der Waals surface area contributed by atoms with Gasteiger partial charge in [0.1, 0.15) is 18.0 Å². The van der Waals surface area contributed by atoms with Gasteiger partial charge in [-0.15, -0.1) is 0 Å². The zero-order valence-electron chi connectivity index (χ0n) is 13.2. The van der Waals surface area contributed by atoms with Gasteiger partial charge in [-0.1, -0.05) is 27.2 Å². The molecule has 0 aliphatic carbocycles. The third-order valence-electron chi connectivity index (χ3n) is 4.15. The molecule has 0 aliphatic rings. The Bertz CT molecular complexity index is 397. The third kappa shape index (κ3) is 3.82. The van der Waals surface area contributed by atoms with E-state index in [-0.39, 0.29) is 12.0 Å². The average Bonchev–Trinajstić information content (AvgIpc) is 2.50. The number of aliphatic hydroxyl groups is 1. The first-order valence-electron chi connectivity index (χ1n) is 7.52. The molecule has 1 aromatic heterocycles. The molecular weight excluding hydrogens is 252 g/mol. The highest BCUT2D eigenvalue weighted by Crippen LogP contribution is 2.28. The quantitative estimate of drug-likeness (QED) is 0.649. The van der Waals surface area contributed by atoms with Gasteiger partial charge in [-0.2, -0.15) is 0 Å². The zero-order chi connectivity index (χ0) is 15.0. The van der Waals surface area contributed by atoms with Crippen LogP contribution in [0.25, 0.3) is 0 Å². The van der Waals surface area contributed by atoms with Gasteiger partial charge in [-0.3, -0.25) is 0 Å². The second-order valence-electron chi connectivity index (χ2n) is 5.27. The number of anilines is 2. The Morgan fingerprint density at radius 3 is 2.30 bits per heavy atom. The molecule has 0 aliphatic heterocycles. The summed E-state index contributed by atoms with van der Waals surface area (Å²) in [5.41, 5.74) is 1.05. The van der Waals surface area contributed by atoms with Crippen LogP contribution >= 0.6 is 0 Å². The summed E-state index contributed by atoms with van der Waals surface area (Å²) in [7, 11) is 1.88. The minimum atomic E-state index is -0.0752. The van der Waals surface area contributed by atoms with E-state index in [1.807, 2.05) is 7.05 Å². The molecule has 0 radical (unpaired) electrons. The molecule has 1 rings (SSSR count). The SMILES string of the molecule is CCCc1c(NC)ncnc1NCC(CC)(CC)CO. The lowest BCUT2D eigenvalue weighted by atomic mass is 9.83. The molecular formula is C15H28N4O. The second-order valence-corrected chi connectivity index (χ2v) is 5.27. The van der Waals surface area contributed by atoms with Crippen LogP contribution in [0.5, 0.6) is 0 Å². The van der Waals surface area contributed by atoms with Crippen molar-refractivity contribution in [3.05, 3.63) is 11.9 Å². The molecule has 3 N–H and O–H groups in total. The molecule has 1 heterocycles. The standard InChI is InChI=1S/C15H28N4O/c1-5-8-12-13(16-4)18-11-19-14(12)17-9-15(6-2,7-3)10-20/h11,20H,5-10H2,1-4H3,(H2,16,17,18,19). The lowest BCUT2D eigenvalue weighted by molar-refractivity contribution is 0.127. The Kier molecular flexibility index (Phi) is 6.71. The van der Waals surface area contributed by atoms with Crippen LogP contribution < -0.4 is 10.6 Å². The summed E-state index contributed by atoms with van der Waals surface area (Å²) in [6.07, 6.45) is 5.44. The van der Waals surface area contributed by atoms with Gasteiger partial charge in [-0.05, 0) is 19.3 Å². The Balaban J connectivity index is 2.91. The molecule has 0 spiro atoms.